The molecule has 9 heteroatoms. The van der Waals surface area contributed by atoms with Crippen molar-refractivity contribution < 1.29 is 19.2 Å². The highest BCUT2D eigenvalue weighted by Gasteiger charge is 2.39. The lowest BCUT2D eigenvalue weighted by molar-refractivity contribution is -0.527. The molecule has 2 unspecified atom stereocenters. The Morgan fingerprint density at radius 2 is 1.88 bits per heavy atom. The van der Waals surface area contributed by atoms with Crippen LogP contribution in [0.25, 0.3) is 0 Å². The molecule has 0 aliphatic heterocycles. The number of rotatable bonds is 7. The predicted octanol–water partition coefficient (Wildman–Crippen LogP) is 2.04. The van der Waals surface area contributed by atoms with Crippen LogP contribution in [0.3, 0.4) is 0 Å². The number of hydrogen-bond acceptors (Lipinski definition) is 6. The quantitative estimate of drug-likeness (QED) is 0.431. The molecule has 9 nitrogen and oxygen atoms in total. The third-order valence-corrected chi connectivity index (χ3v) is 3.12. The number of nitro groups is 1. The van der Waals surface area contributed by atoms with Crippen molar-refractivity contribution in [2.75, 3.05) is 14.1 Å². The summed E-state index contributed by atoms with van der Waals surface area (Å²) in [6.07, 6.45) is -0.00217. The lowest BCUT2D eigenvalue weighted by atomic mass is 9.91. The van der Waals surface area contributed by atoms with Crippen molar-refractivity contribution >= 4 is 17.7 Å². The summed E-state index contributed by atoms with van der Waals surface area (Å²) < 4.78 is 5.04. The van der Waals surface area contributed by atoms with Crippen LogP contribution in [0.5, 0.6) is 0 Å². The molecule has 1 N–H and O–H groups in total. The van der Waals surface area contributed by atoms with Crippen LogP contribution in [0, 0.1) is 16.0 Å². The van der Waals surface area contributed by atoms with E-state index in [1.807, 2.05) is 0 Å². The highest BCUT2D eigenvalue weighted by atomic mass is 16.6. The largest absolute Gasteiger partial charge is 0.443 e. The van der Waals surface area contributed by atoms with Gasteiger partial charge in [-0.25, -0.2) is 10.2 Å². The molecule has 0 aromatic rings. The van der Waals surface area contributed by atoms with Gasteiger partial charge in [0.25, 0.3) is 0 Å². The summed E-state index contributed by atoms with van der Waals surface area (Å²) in [5.74, 6) is -1.48. The maximum absolute atomic E-state index is 12.4. The van der Waals surface area contributed by atoms with Crippen LogP contribution in [0.1, 0.15) is 47.5 Å². The highest BCUT2D eigenvalue weighted by molar-refractivity contribution is 6.03. The highest BCUT2D eigenvalue weighted by Crippen LogP contribution is 2.18. The number of ether oxygens (including phenoxy) is 1. The van der Waals surface area contributed by atoms with E-state index >= 15 is 0 Å². The van der Waals surface area contributed by atoms with Crippen molar-refractivity contribution in [3.63, 3.8) is 0 Å². The van der Waals surface area contributed by atoms with E-state index in [2.05, 4.69) is 10.5 Å². The van der Waals surface area contributed by atoms with Gasteiger partial charge in [-0.05, 0) is 34.1 Å². The van der Waals surface area contributed by atoms with Gasteiger partial charge < -0.3 is 9.64 Å². The SMILES string of the molecule is CCCC(C(C(=O)N(C)C)/C(C)=N/NC(=O)OC(C)(C)C)[N+](=O)[O-]. The van der Waals surface area contributed by atoms with Crippen molar-refractivity contribution in [1.82, 2.24) is 10.3 Å². The second kappa shape index (κ2) is 9.19. The second-order valence-corrected chi connectivity index (χ2v) is 6.72. The minimum atomic E-state index is -1.10. The first kappa shape index (κ1) is 21.8. The van der Waals surface area contributed by atoms with Gasteiger partial charge in [-0.1, -0.05) is 6.92 Å². The smallest absolute Gasteiger partial charge is 0.428 e. The molecule has 2 atom stereocenters. The molecule has 0 radical (unpaired) electrons. The van der Waals surface area contributed by atoms with Gasteiger partial charge in [0.2, 0.25) is 11.9 Å². The zero-order chi connectivity index (χ0) is 19.1. The standard InChI is InChI=1S/C15H28N4O5/c1-8-9-11(19(22)23)12(13(20)18(6)7)10(2)16-17-14(21)24-15(3,4)5/h11-12H,8-9H2,1-7H3,(H,17,21)/b16-10+. The monoisotopic (exact) mass is 344 g/mol. The van der Waals surface area contributed by atoms with Gasteiger partial charge in [0.1, 0.15) is 11.5 Å². The number of hydrazone groups is 1. The predicted molar refractivity (Wildman–Crippen MR) is 90.4 cm³/mol. The van der Waals surface area contributed by atoms with Crippen LogP contribution in [-0.4, -0.2) is 53.3 Å². The Labute approximate surface area is 142 Å². The van der Waals surface area contributed by atoms with Crippen LogP contribution in [0.2, 0.25) is 0 Å². The molecule has 24 heavy (non-hydrogen) atoms. The first-order valence-corrected chi connectivity index (χ1v) is 7.78. The van der Waals surface area contributed by atoms with E-state index in [1.54, 1.807) is 27.7 Å². The average Bonchev–Trinajstić information content (AvgIpc) is 2.42. The van der Waals surface area contributed by atoms with E-state index in [1.165, 1.54) is 25.9 Å². The molecule has 0 saturated carbocycles. The minimum absolute atomic E-state index is 0.162. The van der Waals surface area contributed by atoms with Crippen molar-refractivity contribution in [2.24, 2.45) is 11.0 Å². The third kappa shape index (κ3) is 7.38. The van der Waals surface area contributed by atoms with E-state index in [9.17, 15) is 19.7 Å². The summed E-state index contributed by atoms with van der Waals surface area (Å²) in [4.78, 5) is 36.2. The maximum atomic E-state index is 12.4. The molecule has 0 aliphatic carbocycles. The minimum Gasteiger partial charge on any atom is -0.443 e. The van der Waals surface area contributed by atoms with Crippen LogP contribution >= 0.6 is 0 Å². The molecule has 0 aromatic carbocycles. The fourth-order valence-corrected chi connectivity index (χ4v) is 2.09. The molecule has 0 rings (SSSR count). The first-order chi connectivity index (χ1) is 10.9. The number of nitrogens with zero attached hydrogens (tertiary/aromatic N) is 3. The van der Waals surface area contributed by atoms with Gasteiger partial charge in [0, 0.05) is 25.4 Å². The molecule has 0 spiro atoms. The Bertz CT molecular complexity index is 497. The molecule has 0 saturated heterocycles. The Morgan fingerprint density at radius 3 is 2.25 bits per heavy atom. The number of amides is 2. The van der Waals surface area contributed by atoms with Crippen LogP contribution in [0.4, 0.5) is 4.79 Å². The van der Waals surface area contributed by atoms with Crippen LogP contribution in [0.15, 0.2) is 5.10 Å². The van der Waals surface area contributed by atoms with Crippen molar-refractivity contribution in [2.45, 2.75) is 59.1 Å². The van der Waals surface area contributed by atoms with Gasteiger partial charge in [-0.3, -0.25) is 14.9 Å². The fraction of sp³-hybridized carbons (Fsp3) is 0.800. The molecule has 2 amide bonds. The van der Waals surface area contributed by atoms with Crippen molar-refractivity contribution in [3.05, 3.63) is 10.1 Å². The lowest BCUT2D eigenvalue weighted by Gasteiger charge is -2.23. The Balaban J connectivity index is 5.40. The van der Waals surface area contributed by atoms with Crippen molar-refractivity contribution in [3.8, 4) is 0 Å². The number of carbonyl (C=O) groups is 2. The Morgan fingerprint density at radius 1 is 1.33 bits per heavy atom. The first-order valence-electron chi connectivity index (χ1n) is 7.78. The van der Waals surface area contributed by atoms with E-state index in [0.29, 0.717) is 6.42 Å². The van der Waals surface area contributed by atoms with E-state index in [-0.39, 0.29) is 12.1 Å². The summed E-state index contributed by atoms with van der Waals surface area (Å²) in [6, 6.07) is -1.10. The van der Waals surface area contributed by atoms with Gasteiger partial charge in [-0.2, -0.15) is 5.10 Å². The molecular weight excluding hydrogens is 316 g/mol. The van der Waals surface area contributed by atoms with E-state index in [4.69, 9.17) is 4.74 Å². The van der Waals surface area contributed by atoms with Crippen LogP contribution < -0.4 is 5.43 Å². The molecule has 138 valence electrons. The summed E-state index contributed by atoms with van der Waals surface area (Å²) >= 11 is 0. The average molecular weight is 344 g/mol. The van der Waals surface area contributed by atoms with E-state index < -0.39 is 34.5 Å². The molecule has 0 aliphatic rings. The zero-order valence-electron chi connectivity index (χ0n) is 15.5. The topological polar surface area (TPSA) is 114 Å². The van der Waals surface area contributed by atoms with Gasteiger partial charge in [0.15, 0.2) is 0 Å². The summed E-state index contributed by atoms with van der Waals surface area (Å²) in [7, 11) is 3.04. The maximum Gasteiger partial charge on any atom is 0.428 e. The summed E-state index contributed by atoms with van der Waals surface area (Å²) in [6.45, 7) is 8.39. The number of carbonyl (C=O) groups excluding carboxylic acids is 2. The normalized spacial score (nSPS) is 14.5. The van der Waals surface area contributed by atoms with Crippen LogP contribution in [-0.2, 0) is 9.53 Å². The van der Waals surface area contributed by atoms with Gasteiger partial charge in [0.05, 0.1) is 5.71 Å². The lowest BCUT2D eigenvalue weighted by Crippen LogP contribution is -2.45. The zero-order valence-corrected chi connectivity index (χ0v) is 15.5. The Hall–Kier alpha value is -2.19. The van der Waals surface area contributed by atoms with E-state index in [0.717, 1.165) is 0 Å². The molecular formula is C15H28N4O5. The third-order valence-electron chi connectivity index (χ3n) is 3.12. The van der Waals surface area contributed by atoms with Gasteiger partial charge in [-0.15, -0.1) is 0 Å². The fourth-order valence-electron chi connectivity index (χ4n) is 2.09. The number of nitrogens with one attached hydrogen (secondary N) is 1. The Kier molecular flexibility index (Phi) is 8.35. The summed E-state index contributed by atoms with van der Waals surface area (Å²) in [5.41, 5.74) is 1.65. The molecule has 0 bridgehead atoms. The molecule has 0 aromatic heterocycles. The molecule has 0 heterocycles. The number of hydrogen-bond donors (Lipinski definition) is 1. The van der Waals surface area contributed by atoms with Crippen molar-refractivity contribution in [1.29, 1.82) is 0 Å². The summed E-state index contributed by atoms with van der Waals surface area (Å²) in [5, 5.41) is 15.2. The van der Waals surface area contributed by atoms with Gasteiger partial charge >= 0.3 is 6.09 Å². The molecule has 0 fully saturated rings. The second-order valence-electron chi connectivity index (χ2n) is 6.72.